The lowest BCUT2D eigenvalue weighted by Gasteiger charge is -2.21. The molecule has 2 aliphatic rings. The van der Waals surface area contributed by atoms with E-state index in [9.17, 15) is 9.59 Å². The standard InChI is InChI=1S/C21H22N2O3S2/c24-15-8-2-4-10-17(15)28-21-22-19-18(14-7-1-3-9-16(14)27-19)20(25)23(21)12-13-6-5-11-26-13/h5-6,11,17H,1-4,7-10,12H2/t17-/m1/s1. The largest absolute Gasteiger partial charge is 0.467 e. The van der Waals surface area contributed by atoms with Gasteiger partial charge in [0.25, 0.3) is 5.56 Å². The van der Waals surface area contributed by atoms with Gasteiger partial charge in [0, 0.05) is 11.3 Å². The number of Topliss-reactive ketones (excluding diaryl/α,β-unsaturated/α-hetero) is 1. The van der Waals surface area contributed by atoms with Crippen molar-refractivity contribution in [1.82, 2.24) is 9.55 Å². The molecule has 0 radical (unpaired) electrons. The number of hydrogen-bond donors (Lipinski definition) is 0. The Balaban J connectivity index is 1.64. The van der Waals surface area contributed by atoms with E-state index >= 15 is 0 Å². The van der Waals surface area contributed by atoms with Crippen molar-refractivity contribution in [1.29, 1.82) is 0 Å². The van der Waals surface area contributed by atoms with Crippen LogP contribution in [0.15, 0.2) is 32.8 Å². The summed E-state index contributed by atoms with van der Waals surface area (Å²) in [5.74, 6) is 1.00. The lowest BCUT2D eigenvalue weighted by Crippen LogP contribution is -2.27. The number of thiophene rings is 1. The minimum Gasteiger partial charge on any atom is -0.467 e. The number of ketones is 1. The van der Waals surface area contributed by atoms with E-state index in [1.165, 1.54) is 28.6 Å². The highest BCUT2D eigenvalue weighted by Crippen LogP contribution is 2.36. The van der Waals surface area contributed by atoms with E-state index in [-0.39, 0.29) is 16.6 Å². The predicted molar refractivity (Wildman–Crippen MR) is 111 cm³/mol. The van der Waals surface area contributed by atoms with E-state index in [0.29, 0.717) is 18.1 Å². The third kappa shape index (κ3) is 3.24. The molecule has 146 valence electrons. The molecule has 0 saturated heterocycles. The second kappa shape index (κ2) is 7.52. The average molecular weight is 415 g/mol. The lowest BCUT2D eigenvalue weighted by atomic mass is 9.97. The van der Waals surface area contributed by atoms with Crippen LogP contribution in [-0.2, 0) is 24.2 Å². The van der Waals surface area contributed by atoms with Crippen molar-refractivity contribution in [2.45, 2.75) is 68.3 Å². The van der Waals surface area contributed by atoms with Gasteiger partial charge in [-0.15, -0.1) is 11.3 Å². The lowest BCUT2D eigenvalue weighted by molar-refractivity contribution is -0.119. The monoisotopic (exact) mass is 414 g/mol. The third-order valence-electron chi connectivity index (χ3n) is 5.68. The molecule has 7 heteroatoms. The van der Waals surface area contributed by atoms with Crippen LogP contribution >= 0.6 is 23.1 Å². The second-order valence-electron chi connectivity index (χ2n) is 7.57. The number of hydrogen-bond acceptors (Lipinski definition) is 6. The van der Waals surface area contributed by atoms with E-state index in [4.69, 9.17) is 9.40 Å². The highest BCUT2D eigenvalue weighted by molar-refractivity contribution is 8.00. The second-order valence-corrected chi connectivity index (χ2v) is 9.83. The zero-order chi connectivity index (χ0) is 19.1. The van der Waals surface area contributed by atoms with Gasteiger partial charge < -0.3 is 4.42 Å². The molecule has 28 heavy (non-hydrogen) atoms. The Morgan fingerprint density at radius 2 is 2.04 bits per heavy atom. The van der Waals surface area contributed by atoms with Gasteiger partial charge in [-0.2, -0.15) is 0 Å². The van der Waals surface area contributed by atoms with E-state index in [1.54, 1.807) is 22.2 Å². The number of thioether (sulfide) groups is 1. The van der Waals surface area contributed by atoms with Crippen molar-refractivity contribution in [3.8, 4) is 0 Å². The number of furan rings is 1. The maximum atomic E-state index is 13.5. The highest BCUT2D eigenvalue weighted by atomic mass is 32.2. The molecule has 0 amide bonds. The van der Waals surface area contributed by atoms with Crippen LogP contribution in [0.5, 0.6) is 0 Å². The summed E-state index contributed by atoms with van der Waals surface area (Å²) in [7, 11) is 0. The molecule has 3 aromatic heterocycles. The van der Waals surface area contributed by atoms with Crippen LogP contribution in [0.3, 0.4) is 0 Å². The van der Waals surface area contributed by atoms with Gasteiger partial charge in [-0.3, -0.25) is 14.2 Å². The minimum atomic E-state index is -0.101. The summed E-state index contributed by atoms with van der Waals surface area (Å²) >= 11 is 3.12. The average Bonchev–Trinajstić information content (AvgIpc) is 3.33. The zero-order valence-corrected chi connectivity index (χ0v) is 17.2. The number of aromatic nitrogens is 2. The van der Waals surface area contributed by atoms with E-state index in [1.807, 2.05) is 12.1 Å². The maximum absolute atomic E-state index is 13.5. The molecular weight excluding hydrogens is 392 g/mol. The van der Waals surface area contributed by atoms with Gasteiger partial charge in [-0.25, -0.2) is 4.98 Å². The van der Waals surface area contributed by atoms with E-state index in [2.05, 4.69) is 0 Å². The number of rotatable bonds is 4. The molecule has 1 fully saturated rings. The van der Waals surface area contributed by atoms with Crippen LogP contribution in [-0.4, -0.2) is 20.6 Å². The van der Waals surface area contributed by atoms with Crippen LogP contribution in [0.1, 0.15) is 54.7 Å². The first-order valence-electron chi connectivity index (χ1n) is 9.97. The molecule has 1 saturated carbocycles. The first-order valence-corrected chi connectivity index (χ1v) is 11.7. The van der Waals surface area contributed by atoms with Crippen molar-refractivity contribution >= 4 is 39.1 Å². The Morgan fingerprint density at radius 3 is 2.86 bits per heavy atom. The maximum Gasteiger partial charge on any atom is 0.263 e. The Kier molecular flexibility index (Phi) is 4.88. The molecular formula is C21H22N2O3S2. The normalized spacial score (nSPS) is 19.9. The molecule has 0 spiro atoms. The fourth-order valence-electron chi connectivity index (χ4n) is 4.21. The van der Waals surface area contributed by atoms with Gasteiger partial charge in [-0.05, 0) is 56.2 Å². The third-order valence-corrected chi connectivity index (χ3v) is 8.17. The highest BCUT2D eigenvalue weighted by Gasteiger charge is 2.27. The Bertz CT molecular complexity index is 1080. The van der Waals surface area contributed by atoms with E-state index in [0.717, 1.165) is 54.5 Å². The number of aryl methyl sites for hydroxylation is 2. The summed E-state index contributed by atoms with van der Waals surface area (Å²) in [6, 6.07) is 3.70. The molecule has 3 aromatic rings. The molecule has 0 aromatic carbocycles. The van der Waals surface area contributed by atoms with Crippen molar-refractivity contribution < 1.29 is 9.21 Å². The van der Waals surface area contributed by atoms with Crippen molar-refractivity contribution in [3.05, 3.63) is 45.0 Å². The zero-order valence-electron chi connectivity index (χ0n) is 15.6. The molecule has 3 heterocycles. The number of carbonyl (C=O) groups excluding carboxylic acids is 1. The Hall–Kier alpha value is -1.86. The summed E-state index contributed by atoms with van der Waals surface area (Å²) in [6.07, 6.45) is 9.45. The van der Waals surface area contributed by atoms with Gasteiger partial charge in [0.05, 0.1) is 23.4 Å². The van der Waals surface area contributed by atoms with Crippen molar-refractivity contribution in [2.24, 2.45) is 0 Å². The first-order chi connectivity index (χ1) is 13.7. The van der Waals surface area contributed by atoms with Gasteiger partial charge in [-0.1, -0.05) is 18.2 Å². The van der Waals surface area contributed by atoms with Crippen molar-refractivity contribution in [3.63, 3.8) is 0 Å². The van der Waals surface area contributed by atoms with Gasteiger partial charge in [0.1, 0.15) is 16.4 Å². The minimum absolute atomic E-state index is 0.00607. The number of nitrogens with zero attached hydrogens (tertiary/aromatic N) is 2. The van der Waals surface area contributed by atoms with Gasteiger partial charge in [0.15, 0.2) is 5.16 Å². The topological polar surface area (TPSA) is 65.1 Å². The van der Waals surface area contributed by atoms with Gasteiger partial charge in [0.2, 0.25) is 0 Å². The summed E-state index contributed by atoms with van der Waals surface area (Å²) < 4.78 is 7.22. The SMILES string of the molecule is O=C1CCCC[C@H]1Sc1nc2sc3c(c2c(=O)n1Cc1ccco1)CCCC3. The predicted octanol–water partition coefficient (Wildman–Crippen LogP) is 4.58. The Labute approximate surface area is 171 Å². The van der Waals surface area contributed by atoms with Crippen molar-refractivity contribution in [2.75, 3.05) is 0 Å². The molecule has 0 bridgehead atoms. The number of fused-ring (bicyclic) bond motifs is 3. The summed E-state index contributed by atoms with van der Waals surface area (Å²) in [5, 5.41) is 1.33. The van der Waals surface area contributed by atoms with Crippen LogP contribution in [0, 0.1) is 0 Å². The molecule has 5 nitrogen and oxygen atoms in total. The van der Waals surface area contributed by atoms with Crippen LogP contribution < -0.4 is 5.56 Å². The fourth-order valence-corrected chi connectivity index (χ4v) is 6.73. The van der Waals surface area contributed by atoms with Crippen LogP contribution in [0.4, 0.5) is 0 Å². The molecule has 1 atom stereocenters. The fraction of sp³-hybridized carbons (Fsp3) is 0.476. The molecule has 0 unspecified atom stereocenters. The van der Waals surface area contributed by atoms with Gasteiger partial charge >= 0.3 is 0 Å². The first kappa shape index (κ1) is 18.2. The Morgan fingerprint density at radius 1 is 1.18 bits per heavy atom. The molecule has 2 aliphatic carbocycles. The molecule has 5 rings (SSSR count). The quantitative estimate of drug-likeness (QED) is 0.585. The summed E-state index contributed by atoms with van der Waals surface area (Å²) in [5.41, 5.74) is 1.20. The summed E-state index contributed by atoms with van der Waals surface area (Å²) in [6.45, 7) is 0.350. The molecule has 0 aliphatic heterocycles. The number of carbonyl (C=O) groups is 1. The smallest absolute Gasteiger partial charge is 0.263 e. The van der Waals surface area contributed by atoms with E-state index < -0.39 is 0 Å². The summed E-state index contributed by atoms with van der Waals surface area (Å²) in [4.78, 5) is 32.9. The van der Waals surface area contributed by atoms with Crippen LogP contribution in [0.2, 0.25) is 0 Å². The molecule has 0 N–H and O–H groups in total. The van der Waals surface area contributed by atoms with Crippen LogP contribution in [0.25, 0.3) is 10.2 Å².